The van der Waals surface area contributed by atoms with Crippen LogP contribution in [0.3, 0.4) is 0 Å². The van der Waals surface area contributed by atoms with Gasteiger partial charge in [0.05, 0.1) is 6.26 Å². The molecular weight excluding hydrogens is 244 g/mol. The van der Waals surface area contributed by atoms with E-state index >= 15 is 0 Å². The molecule has 0 aromatic rings. The van der Waals surface area contributed by atoms with Crippen molar-refractivity contribution < 1.29 is 19.4 Å². The summed E-state index contributed by atoms with van der Waals surface area (Å²) >= 11 is 0. The molecule has 4 heteroatoms. The van der Waals surface area contributed by atoms with Crippen molar-refractivity contribution in [1.82, 2.24) is 0 Å². The summed E-state index contributed by atoms with van der Waals surface area (Å²) in [5.41, 5.74) is 0.392. The zero-order valence-corrected chi connectivity index (χ0v) is 12.3. The van der Waals surface area contributed by atoms with Crippen LogP contribution in [0.5, 0.6) is 0 Å². The number of carboxylic acid groups (broad SMARTS) is 1. The van der Waals surface area contributed by atoms with Gasteiger partial charge in [0.15, 0.2) is 0 Å². The molecule has 0 aliphatic rings. The lowest BCUT2D eigenvalue weighted by atomic mass is 9.89. The Hall–Kier alpha value is -1.58. The zero-order chi connectivity index (χ0) is 15.3. The molecule has 0 fully saturated rings. The van der Waals surface area contributed by atoms with Crippen LogP contribution in [0.2, 0.25) is 0 Å². The van der Waals surface area contributed by atoms with Crippen LogP contribution in [-0.4, -0.2) is 17.0 Å². The summed E-state index contributed by atoms with van der Waals surface area (Å²) in [5, 5.41) is 8.37. The van der Waals surface area contributed by atoms with Gasteiger partial charge in [-0.25, -0.2) is 4.79 Å². The Morgan fingerprint density at radius 1 is 1.16 bits per heavy atom. The molecule has 0 radical (unpaired) electrons. The van der Waals surface area contributed by atoms with Crippen LogP contribution >= 0.6 is 0 Å². The van der Waals surface area contributed by atoms with Gasteiger partial charge in [-0.2, -0.15) is 0 Å². The zero-order valence-electron chi connectivity index (χ0n) is 12.3. The summed E-state index contributed by atoms with van der Waals surface area (Å²) in [6.07, 6.45) is 6.66. The second-order valence-corrected chi connectivity index (χ2v) is 5.32. The molecule has 4 nitrogen and oxygen atoms in total. The van der Waals surface area contributed by atoms with Crippen molar-refractivity contribution in [1.29, 1.82) is 0 Å². The highest BCUT2D eigenvalue weighted by atomic mass is 16.5. The lowest BCUT2D eigenvalue weighted by Gasteiger charge is -2.17. The van der Waals surface area contributed by atoms with E-state index < -0.39 is 11.9 Å². The molecule has 0 atom stereocenters. The van der Waals surface area contributed by atoms with Crippen LogP contribution in [-0.2, 0) is 14.3 Å². The van der Waals surface area contributed by atoms with E-state index in [1.54, 1.807) is 0 Å². The third-order valence-corrected chi connectivity index (χ3v) is 2.18. The van der Waals surface area contributed by atoms with Crippen LogP contribution in [0.1, 0.15) is 52.9 Å². The molecule has 0 saturated carbocycles. The Morgan fingerprint density at radius 3 is 2.05 bits per heavy atom. The highest BCUT2D eigenvalue weighted by Gasteiger charge is 2.08. The molecule has 0 bridgehead atoms. The first-order valence-electron chi connectivity index (χ1n) is 6.38. The molecule has 110 valence electrons. The van der Waals surface area contributed by atoms with Crippen molar-refractivity contribution in [2.45, 2.75) is 52.9 Å². The van der Waals surface area contributed by atoms with Crippen LogP contribution in [0.4, 0.5) is 0 Å². The highest BCUT2D eigenvalue weighted by Crippen LogP contribution is 2.22. The van der Waals surface area contributed by atoms with E-state index in [1.807, 2.05) is 0 Å². The fourth-order valence-corrected chi connectivity index (χ4v) is 1.24. The predicted molar refractivity (Wildman–Crippen MR) is 76.7 cm³/mol. The number of aliphatic carboxylic acids is 1. The lowest BCUT2D eigenvalue weighted by molar-refractivity contribution is -0.137. The maximum absolute atomic E-state index is 10.2. The van der Waals surface area contributed by atoms with E-state index in [0.29, 0.717) is 11.8 Å². The summed E-state index contributed by atoms with van der Waals surface area (Å²) in [6.45, 7) is 13.0. The van der Waals surface area contributed by atoms with Gasteiger partial charge < -0.3 is 9.84 Å². The topological polar surface area (TPSA) is 63.6 Å². The number of carbonyl (C=O) groups is 2. The van der Waals surface area contributed by atoms with Gasteiger partial charge in [0.1, 0.15) is 0 Å². The minimum Gasteiger partial charge on any atom is -0.481 e. The number of hydrogen-bond acceptors (Lipinski definition) is 3. The molecule has 0 heterocycles. The van der Waals surface area contributed by atoms with E-state index in [-0.39, 0.29) is 0 Å². The van der Waals surface area contributed by atoms with Gasteiger partial charge in [0, 0.05) is 12.5 Å². The third-order valence-electron chi connectivity index (χ3n) is 2.18. The smallest absolute Gasteiger partial charge is 0.334 e. The molecule has 19 heavy (non-hydrogen) atoms. The van der Waals surface area contributed by atoms with Gasteiger partial charge in [-0.3, -0.25) is 4.79 Å². The number of esters is 1. The summed E-state index contributed by atoms with van der Waals surface area (Å²) in [5.74, 6) is -1.15. The second-order valence-electron chi connectivity index (χ2n) is 5.32. The maximum Gasteiger partial charge on any atom is 0.334 e. The second kappa shape index (κ2) is 11.5. The Morgan fingerprint density at radius 2 is 1.74 bits per heavy atom. The minimum atomic E-state index is -0.675. The molecule has 0 saturated heterocycles. The number of rotatable bonds is 7. The van der Waals surface area contributed by atoms with Gasteiger partial charge in [-0.15, -0.1) is 0 Å². The van der Waals surface area contributed by atoms with E-state index in [0.717, 1.165) is 31.6 Å². The average Bonchev–Trinajstić information content (AvgIpc) is 2.27. The Labute approximate surface area is 116 Å². The summed E-state index contributed by atoms with van der Waals surface area (Å²) in [6, 6.07) is 0. The van der Waals surface area contributed by atoms with Crippen LogP contribution in [0.15, 0.2) is 25.5 Å². The first-order chi connectivity index (χ1) is 8.72. The van der Waals surface area contributed by atoms with Gasteiger partial charge in [0.2, 0.25) is 0 Å². The van der Waals surface area contributed by atoms with Gasteiger partial charge in [-0.05, 0) is 18.3 Å². The Bertz CT molecular complexity index is 287. The van der Waals surface area contributed by atoms with Crippen molar-refractivity contribution >= 4 is 11.9 Å². The molecular formula is C15H26O4. The molecule has 0 aliphatic carbocycles. The molecule has 0 unspecified atom stereocenters. The Balaban J connectivity index is 0. The molecule has 0 amide bonds. The highest BCUT2D eigenvalue weighted by molar-refractivity contribution is 5.81. The normalized spacial score (nSPS) is 9.84. The van der Waals surface area contributed by atoms with Crippen molar-refractivity contribution in [3.63, 3.8) is 0 Å². The quantitative estimate of drug-likeness (QED) is 0.329. The van der Waals surface area contributed by atoms with Gasteiger partial charge in [0.25, 0.3) is 0 Å². The Kier molecular flexibility index (Phi) is 12.0. The predicted octanol–water partition coefficient (Wildman–Crippen LogP) is 3.93. The maximum atomic E-state index is 10.2. The summed E-state index contributed by atoms with van der Waals surface area (Å²) in [7, 11) is 0. The summed E-state index contributed by atoms with van der Waals surface area (Å²) < 4.78 is 4.20. The minimum absolute atomic E-state index is 0.324. The molecule has 0 rings (SSSR count). The number of carbonyl (C=O) groups excluding carboxylic acids is 1. The fourth-order valence-electron chi connectivity index (χ4n) is 1.24. The fraction of sp³-hybridized carbons (Fsp3) is 0.600. The molecule has 1 N–H and O–H groups in total. The summed E-state index contributed by atoms with van der Waals surface area (Å²) in [4.78, 5) is 20.2. The van der Waals surface area contributed by atoms with Crippen LogP contribution in [0, 0.1) is 5.41 Å². The van der Waals surface area contributed by atoms with Crippen molar-refractivity contribution in [3.05, 3.63) is 25.5 Å². The number of unbranched alkanes of at least 4 members (excludes halogenated alkanes) is 2. The molecule has 0 aromatic heterocycles. The number of carboxylic acids is 1. The number of hydrogen-bond donors (Lipinski definition) is 1. The monoisotopic (exact) mass is 270 g/mol. The van der Waals surface area contributed by atoms with Crippen molar-refractivity contribution in [2.75, 3.05) is 0 Å². The van der Waals surface area contributed by atoms with Crippen LogP contribution in [0.25, 0.3) is 0 Å². The van der Waals surface area contributed by atoms with Gasteiger partial charge in [-0.1, -0.05) is 46.8 Å². The first kappa shape index (κ1) is 19.8. The SMILES string of the molecule is C=COC(=O)C=C.CC(C)(C)CCCCCC(=O)O. The largest absolute Gasteiger partial charge is 0.481 e. The van der Waals surface area contributed by atoms with E-state index in [4.69, 9.17) is 5.11 Å². The van der Waals surface area contributed by atoms with Gasteiger partial charge >= 0.3 is 11.9 Å². The van der Waals surface area contributed by atoms with Crippen LogP contribution < -0.4 is 0 Å². The molecule has 0 aliphatic heterocycles. The first-order valence-corrected chi connectivity index (χ1v) is 6.38. The van der Waals surface area contributed by atoms with Crippen molar-refractivity contribution in [2.24, 2.45) is 5.41 Å². The lowest BCUT2D eigenvalue weighted by Crippen LogP contribution is -2.04. The molecule has 0 spiro atoms. The molecule has 0 aromatic carbocycles. The average molecular weight is 270 g/mol. The van der Waals surface area contributed by atoms with E-state index in [1.165, 1.54) is 6.42 Å². The van der Waals surface area contributed by atoms with E-state index in [2.05, 4.69) is 38.7 Å². The standard InChI is InChI=1S/C10H20O2.C5H6O2/c1-10(2,3)8-6-4-5-7-9(11)12;1-3-5(6)7-4-2/h4-8H2,1-3H3,(H,11,12);3-4H,1-2H2. The van der Waals surface area contributed by atoms with Crippen molar-refractivity contribution in [3.8, 4) is 0 Å². The number of ether oxygens (including phenoxy) is 1. The van der Waals surface area contributed by atoms with E-state index in [9.17, 15) is 9.59 Å². The third kappa shape index (κ3) is 22.1.